The van der Waals surface area contributed by atoms with E-state index < -0.39 is 0 Å². The molecule has 2 aromatic heterocycles. The first-order chi connectivity index (χ1) is 13.5. The molecule has 0 aliphatic carbocycles. The first kappa shape index (κ1) is 18.0. The van der Waals surface area contributed by atoms with Crippen molar-refractivity contribution in [1.82, 2.24) is 20.3 Å². The number of aromatic nitrogens is 3. The van der Waals surface area contributed by atoms with Crippen molar-refractivity contribution in [2.75, 3.05) is 0 Å². The molecular formula is C22H22N4O2. The second-order valence-electron chi connectivity index (χ2n) is 7.32. The van der Waals surface area contributed by atoms with E-state index in [9.17, 15) is 9.59 Å². The Morgan fingerprint density at radius 2 is 1.75 bits per heavy atom. The van der Waals surface area contributed by atoms with Gasteiger partial charge in [-0.15, -0.1) is 0 Å². The van der Waals surface area contributed by atoms with E-state index >= 15 is 0 Å². The van der Waals surface area contributed by atoms with Crippen molar-refractivity contribution in [2.45, 2.75) is 26.3 Å². The summed E-state index contributed by atoms with van der Waals surface area (Å²) in [4.78, 5) is 35.8. The summed E-state index contributed by atoms with van der Waals surface area (Å²) in [6.45, 7) is 4.06. The van der Waals surface area contributed by atoms with Gasteiger partial charge in [0.1, 0.15) is 5.82 Å². The van der Waals surface area contributed by atoms with Crippen molar-refractivity contribution in [2.24, 2.45) is 5.92 Å². The molecule has 0 saturated heterocycles. The van der Waals surface area contributed by atoms with Gasteiger partial charge >= 0.3 is 0 Å². The molecule has 0 aliphatic heterocycles. The minimum Gasteiger partial charge on any atom is -0.346 e. The molecule has 3 N–H and O–H groups in total. The van der Waals surface area contributed by atoms with E-state index in [1.807, 2.05) is 62.4 Å². The van der Waals surface area contributed by atoms with Crippen LogP contribution in [0.3, 0.4) is 0 Å². The third-order valence-corrected chi connectivity index (χ3v) is 4.87. The molecule has 4 rings (SSSR count). The lowest BCUT2D eigenvalue weighted by molar-refractivity contribution is -0.121. The highest BCUT2D eigenvalue weighted by Gasteiger charge is 2.22. The highest BCUT2D eigenvalue weighted by Crippen LogP contribution is 2.22. The van der Waals surface area contributed by atoms with Gasteiger partial charge in [-0.25, -0.2) is 4.98 Å². The zero-order valence-electron chi connectivity index (χ0n) is 15.8. The Bertz CT molecular complexity index is 1170. The summed E-state index contributed by atoms with van der Waals surface area (Å²) >= 11 is 0. The number of pyridine rings is 1. The summed E-state index contributed by atoms with van der Waals surface area (Å²) in [5.41, 5.74) is 2.77. The summed E-state index contributed by atoms with van der Waals surface area (Å²) in [7, 11) is 0. The zero-order valence-corrected chi connectivity index (χ0v) is 15.8. The lowest BCUT2D eigenvalue weighted by Crippen LogP contribution is -2.34. The Morgan fingerprint density at radius 3 is 2.50 bits per heavy atom. The Labute approximate surface area is 162 Å². The molecule has 2 heterocycles. The molecule has 6 nitrogen and oxygen atoms in total. The fourth-order valence-electron chi connectivity index (χ4n) is 3.39. The Morgan fingerprint density at radius 1 is 1.04 bits per heavy atom. The molecule has 0 spiro atoms. The molecule has 1 amide bonds. The van der Waals surface area contributed by atoms with E-state index in [-0.39, 0.29) is 29.8 Å². The molecule has 142 valence electrons. The van der Waals surface area contributed by atoms with E-state index in [0.29, 0.717) is 5.56 Å². The van der Waals surface area contributed by atoms with Crippen molar-refractivity contribution in [3.63, 3.8) is 0 Å². The quantitative estimate of drug-likeness (QED) is 0.500. The molecule has 1 unspecified atom stereocenters. The van der Waals surface area contributed by atoms with Crippen LogP contribution in [0.2, 0.25) is 0 Å². The van der Waals surface area contributed by atoms with Crippen molar-refractivity contribution >= 4 is 27.8 Å². The molecule has 0 bridgehead atoms. The van der Waals surface area contributed by atoms with Crippen LogP contribution in [0.4, 0.5) is 0 Å². The van der Waals surface area contributed by atoms with Crippen molar-refractivity contribution in [3.8, 4) is 0 Å². The number of rotatable bonds is 5. The monoisotopic (exact) mass is 374 g/mol. The molecule has 1 atom stereocenters. The highest BCUT2D eigenvalue weighted by molar-refractivity contribution is 5.83. The number of benzene rings is 2. The average molecular weight is 374 g/mol. The molecule has 0 aliphatic rings. The minimum atomic E-state index is -0.264. The number of H-pyrrole nitrogens is 2. The number of carbonyl (C=O) groups is 1. The molecule has 0 saturated carbocycles. The second-order valence-corrected chi connectivity index (χ2v) is 7.32. The molecule has 4 aromatic rings. The third-order valence-electron chi connectivity index (χ3n) is 4.87. The van der Waals surface area contributed by atoms with Gasteiger partial charge in [0, 0.05) is 11.1 Å². The summed E-state index contributed by atoms with van der Waals surface area (Å²) in [5, 5.41) is 3.94. The lowest BCUT2D eigenvalue weighted by Gasteiger charge is -2.20. The normalized spacial score (nSPS) is 12.5. The van der Waals surface area contributed by atoms with Gasteiger partial charge in [0.25, 0.3) is 5.56 Å². The molecule has 2 aromatic carbocycles. The van der Waals surface area contributed by atoms with Gasteiger partial charge in [0.15, 0.2) is 0 Å². The van der Waals surface area contributed by atoms with E-state index in [2.05, 4.69) is 20.3 Å². The van der Waals surface area contributed by atoms with Crippen LogP contribution < -0.4 is 10.9 Å². The number of para-hydroxylation sites is 3. The molecule has 6 heteroatoms. The van der Waals surface area contributed by atoms with E-state index in [4.69, 9.17) is 0 Å². The lowest BCUT2D eigenvalue weighted by atomic mass is 10.0. The smallest absolute Gasteiger partial charge is 0.252 e. The van der Waals surface area contributed by atoms with Crippen molar-refractivity contribution in [3.05, 3.63) is 76.3 Å². The van der Waals surface area contributed by atoms with Gasteiger partial charge in [-0.1, -0.05) is 44.2 Å². The van der Waals surface area contributed by atoms with E-state index in [1.54, 1.807) is 6.07 Å². The SMILES string of the molecule is CC(C)C(NC(=O)Cc1cc2ccccc2[nH]c1=O)c1nc2ccccc2[nH]1. The van der Waals surface area contributed by atoms with Gasteiger partial charge in [-0.2, -0.15) is 0 Å². The van der Waals surface area contributed by atoms with Crippen LogP contribution >= 0.6 is 0 Å². The maximum atomic E-state index is 12.7. The van der Waals surface area contributed by atoms with Crippen LogP contribution in [-0.4, -0.2) is 20.9 Å². The number of nitrogens with zero attached hydrogens (tertiary/aromatic N) is 1. The number of carbonyl (C=O) groups excluding carboxylic acids is 1. The average Bonchev–Trinajstić information content (AvgIpc) is 3.10. The van der Waals surface area contributed by atoms with Crippen molar-refractivity contribution < 1.29 is 4.79 Å². The highest BCUT2D eigenvalue weighted by atomic mass is 16.2. The predicted octanol–water partition coefficient (Wildman–Crippen LogP) is 3.46. The van der Waals surface area contributed by atoms with Crippen LogP contribution in [0.5, 0.6) is 0 Å². The van der Waals surface area contributed by atoms with Gasteiger partial charge in [-0.3, -0.25) is 9.59 Å². The van der Waals surface area contributed by atoms with Gasteiger partial charge in [-0.05, 0) is 35.6 Å². The predicted molar refractivity (Wildman–Crippen MR) is 110 cm³/mol. The maximum absolute atomic E-state index is 12.7. The Kier molecular flexibility index (Phi) is 4.69. The van der Waals surface area contributed by atoms with Crippen LogP contribution in [0.15, 0.2) is 59.4 Å². The fourth-order valence-corrected chi connectivity index (χ4v) is 3.39. The molecule has 0 fully saturated rings. The second kappa shape index (κ2) is 7.31. The summed E-state index contributed by atoms with van der Waals surface area (Å²) in [6.07, 6.45) is 0.0175. The van der Waals surface area contributed by atoms with Gasteiger partial charge < -0.3 is 15.3 Å². The number of amides is 1. The van der Waals surface area contributed by atoms with Crippen LogP contribution in [0.1, 0.15) is 31.3 Å². The summed E-state index contributed by atoms with van der Waals surface area (Å²) in [5.74, 6) is 0.649. The van der Waals surface area contributed by atoms with E-state index in [0.717, 1.165) is 27.8 Å². The largest absolute Gasteiger partial charge is 0.346 e. The molecule has 28 heavy (non-hydrogen) atoms. The van der Waals surface area contributed by atoms with E-state index in [1.165, 1.54) is 0 Å². The first-order valence-electron chi connectivity index (χ1n) is 9.36. The van der Waals surface area contributed by atoms with Crippen LogP contribution in [0.25, 0.3) is 21.9 Å². The van der Waals surface area contributed by atoms with Gasteiger partial charge in [0.2, 0.25) is 5.91 Å². The van der Waals surface area contributed by atoms with Crippen LogP contribution in [0, 0.1) is 5.92 Å². The number of hydrogen-bond donors (Lipinski definition) is 3. The number of fused-ring (bicyclic) bond motifs is 2. The van der Waals surface area contributed by atoms with Crippen LogP contribution in [-0.2, 0) is 11.2 Å². The Balaban J connectivity index is 1.57. The van der Waals surface area contributed by atoms with Gasteiger partial charge in [0.05, 0.1) is 23.5 Å². The number of imidazole rings is 1. The zero-order chi connectivity index (χ0) is 19.7. The topological polar surface area (TPSA) is 90.6 Å². The maximum Gasteiger partial charge on any atom is 0.252 e. The summed E-state index contributed by atoms with van der Waals surface area (Å²) in [6, 6.07) is 16.8. The third kappa shape index (κ3) is 3.53. The standard InChI is InChI=1S/C22H22N4O2/c1-13(2)20(21-23-17-9-5-6-10-18(17)24-21)26-19(27)12-15-11-14-7-3-4-8-16(14)25-22(15)28/h3-11,13,20H,12H2,1-2H3,(H,23,24)(H,25,28)(H,26,27). The first-order valence-corrected chi connectivity index (χ1v) is 9.36. The minimum absolute atomic E-state index is 0.0175. The fraction of sp³-hybridized carbons (Fsp3) is 0.227. The Hall–Kier alpha value is -3.41. The van der Waals surface area contributed by atoms with Crippen molar-refractivity contribution in [1.29, 1.82) is 0 Å². The summed E-state index contributed by atoms with van der Waals surface area (Å²) < 4.78 is 0. The molecule has 0 radical (unpaired) electrons. The number of aromatic amines is 2. The molecular weight excluding hydrogens is 352 g/mol. The number of hydrogen-bond acceptors (Lipinski definition) is 3. The number of nitrogens with one attached hydrogen (secondary N) is 3.